The summed E-state index contributed by atoms with van der Waals surface area (Å²) in [6.45, 7) is 4.98. The third-order valence-corrected chi connectivity index (χ3v) is 3.86. The molecule has 1 amide bonds. The van der Waals surface area contributed by atoms with E-state index in [1.165, 1.54) is 13.2 Å². The third kappa shape index (κ3) is 4.97. The zero-order chi connectivity index (χ0) is 18.3. The van der Waals surface area contributed by atoms with Crippen LogP contribution in [0.5, 0.6) is 0 Å². The van der Waals surface area contributed by atoms with Gasteiger partial charge in [0.15, 0.2) is 6.61 Å². The number of ether oxygens (including phenoxy) is 2. The fourth-order valence-corrected chi connectivity index (χ4v) is 2.08. The first-order chi connectivity index (χ1) is 11.3. The summed E-state index contributed by atoms with van der Waals surface area (Å²) < 4.78 is 9.65. The summed E-state index contributed by atoms with van der Waals surface area (Å²) in [5.74, 6) is -1.91. The molecular formula is C17H24N2O5. The first kappa shape index (κ1) is 19.5. The van der Waals surface area contributed by atoms with Crippen LogP contribution in [0.25, 0.3) is 0 Å². The molecule has 3 N–H and O–H groups in total. The van der Waals surface area contributed by atoms with Gasteiger partial charge in [-0.05, 0) is 24.5 Å². The van der Waals surface area contributed by atoms with E-state index in [-0.39, 0.29) is 11.5 Å². The monoisotopic (exact) mass is 336 g/mol. The number of nitrogens with two attached hydrogens (primary N) is 1. The van der Waals surface area contributed by atoms with E-state index in [4.69, 9.17) is 10.5 Å². The van der Waals surface area contributed by atoms with Crippen LogP contribution in [0, 0.1) is 12.8 Å². The summed E-state index contributed by atoms with van der Waals surface area (Å²) in [5, 5.41) is 2.53. The number of hydrogen-bond donors (Lipinski definition) is 2. The van der Waals surface area contributed by atoms with Gasteiger partial charge >= 0.3 is 11.9 Å². The lowest BCUT2D eigenvalue weighted by Gasteiger charge is -2.21. The third-order valence-electron chi connectivity index (χ3n) is 3.86. The van der Waals surface area contributed by atoms with Crippen LogP contribution in [-0.2, 0) is 19.1 Å². The number of carbonyl (C=O) groups is 3. The molecule has 132 valence electrons. The second kappa shape index (κ2) is 8.90. The van der Waals surface area contributed by atoms with Crippen molar-refractivity contribution in [3.05, 3.63) is 29.3 Å². The highest BCUT2D eigenvalue weighted by atomic mass is 16.5. The quantitative estimate of drug-likeness (QED) is 0.576. The Morgan fingerprint density at radius 1 is 1.29 bits per heavy atom. The number of nitrogen functional groups attached to an aromatic ring is 1. The minimum Gasteiger partial charge on any atom is -0.467 e. The summed E-state index contributed by atoms with van der Waals surface area (Å²) >= 11 is 0. The van der Waals surface area contributed by atoms with Crippen LogP contribution in [0.4, 0.5) is 5.69 Å². The number of carbonyl (C=O) groups excluding carboxylic acids is 3. The molecule has 0 fully saturated rings. The van der Waals surface area contributed by atoms with E-state index < -0.39 is 30.5 Å². The fourth-order valence-electron chi connectivity index (χ4n) is 2.08. The molecule has 0 saturated heterocycles. The van der Waals surface area contributed by atoms with Gasteiger partial charge in [-0.2, -0.15) is 0 Å². The van der Waals surface area contributed by atoms with Gasteiger partial charge in [-0.1, -0.05) is 32.4 Å². The molecule has 7 nitrogen and oxygen atoms in total. The van der Waals surface area contributed by atoms with E-state index in [9.17, 15) is 14.4 Å². The Labute approximate surface area is 141 Å². The normalized spacial score (nSPS) is 12.8. The molecule has 1 aromatic carbocycles. The van der Waals surface area contributed by atoms with Gasteiger partial charge in [0.2, 0.25) is 0 Å². The minimum atomic E-state index is -0.782. The second-order valence-corrected chi connectivity index (χ2v) is 5.57. The highest BCUT2D eigenvalue weighted by Gasteiger charge is 2.27. The van der Waals surface area contributed by atoms with E-state index in [1.54, 1.807) is 19.1 Å². The van der Waals surface area contributed by atoms with Crippen molar-refractivity contribution in [2.75, 3.05) is 19.5 Å². The largest absolute Gasteiger partial charge is 0.467 e. The molecule has 0 unspecified atom stereocenters. The zero-order valence-corrected chi connectivity index (χ0v) is 14.4. The van der Waals surface area contributed by atoms with E-state index in [2.05, 4.69) is 10.1 Å². The lowest BCUT2D eigenvalue weighted by atomic mass is 9.99. The lowest BCUT2D eigenvalue weighted by molar-refractivity contribution is -0.147. The van der Waals surface area contributed by atoms with Crippen LogP contribution in [0.1, 0.15) is 36.2 Å². The minimum absolute atomic E-state index is 0.107. The van der Waals surface area contributed by atoms with E-state index in [0.29, 0.717) is 12.1 Å². The molecule has 7 heteroatoms. The first-order valence-corrected chi connectivity index (χ1v) is 7.71. The molecule has 0 radical (unpaired) electrons. The average molecular weight is 336 g/mol. The predicted molar refractivity (Wildman–Crippen MR) is 89.3 cm³/mol. The van der Waals surface area contributed by atoms with Gasteiger partial charge in [-0.3, -0.25) is 4.79 Å². The van der Waals surface area contributed by atoms with Gasteiger partial charge in [0.25, 0.3) is 5.91 Å². The molecule has 0 bridgehead atoms. The Kier molecular flexibility index (Phi) is 7.23. The Morgan fingerprint density at radius 3 is 2.54 bits per heavy atom. The molecular weight excluding hydrogens is 312 g/mol. The van der Waals surface area contributed by atoms with Crippen LogP contribution < -0.4 is 11.1 Å². The van der Waals surface area contributed by atoms with Crippen LogP contribution in [0.2, 0.25) is 0 Å². The number of esters is 2. The zero-order valence-electron chi connectivity index (χ0n) is 14.4. The second-order valence-electron chi connectivity index (χ2n) is 5.57. The SMILES string of the molecule is CC[C@H](C)[C@@H](NC(=O)COC(=O)c1cccc(C)c1N)C(=O)OC. The van der Waals surface area contributed by atoms with Crippen molar-refractivity contribution < 1.29 is 23.9 Å². The Balaban J connectivity index is 2.66. The molecule has 0 spiro atoms. The molecule has 2 atom stereocenters. The number of para-hydroxylation sites is 1. The molecule has 1 rings (SSSR count). The van der Waals surface area contributed by atoms with Crippen LogP contribution in [-0.4, -0.2) is 37.6 Å². The first-order valence-electron chi connectivity index (χ1n) is 7.71. The van der Waals surface area contributed by atoms with E-state index in [1.807, 2.05) is 13.8 Å². The van der Waals surface area contributed by atoms with Crippen molar-refractivity contribution in [3.8, 4) is 0 Å². The topological polar surface area (TPSA) is 108 Å². The Morgan fingerprint density at radius 2 is 1.96 bits per heavy atom. The number of aryl methyl sites for hydroxylation is 1. The smallest absolute Gasteiger partial charge is 0.340 e. The van der Waals surface area contributed by atoms with Gasteiger partial charge in [-0.25, -0.2) is 9.59 Å². The standard InChI is InChI=1S/C17H24N2O5/c1-5-10(2)15(17(22)23-4)19-13(20)9-24-16(21)12-8-6-7-11(3)14(12)18/h6-8,10,15H,5,9,18H2,1-4H3,(H,19,20)/t10-,15+/m0/s1. The van der Waals surface area contributed by atoms with Crippen molar-refractivity contribution >= 4 is 23.5 Å². The number of benzene rings is 1. The Hall–Kier alpha value is -2.57. The molecule has 0 heterocycles. The van der Waals surface area contributed by atoms with Crippen molar-refractivity contribution in [1.29, 1.82) is 0 Å². The maximum Gasteiger partial charge on any atom is 0.340 e. The highest BCUT2D eigenvalue weighted by molar-refractivity contribution is 5.97. The average Bonchev–Trinajstić information content (AvgIpc) is 2.58. The Bertz CT molecular complexity index is 615. The van der Waals surface area contributed by atoms with Gasteiger partial charge in [0.1, 0.15) is 6.04 Å². The summed E-state index contributed by atoms with van der Waals surface area (Å²) in [6.07, 6.45) is 0.680. The number of nitrogens with one attached hydrogen (secondary N) is 1. The number of hydrogen-bond acceptors (Lipinski definition) is 6. The maximum atomic E-state index is 12.0. The summed E-state index contributed by atoms with van der Waals surface area (Å²) in [6, 6.07) is 4.19. The number of rotatable bonds is 7. The number of amides is 1. The van der Waals surface area contributed by atoms with Crippen molar-refractivity contribution in [3.63, 3.8) is 0 Å². The van der Waals surface area contributed by atoms with Gasteiger partial charge < -0.3 is 20.5 Å². The molecule has 0 aromatic heterocycles. The predicted octanol–water partition coefficient (Wildman–Crippen LogP) is 1.44. The van der Waals surface area contributed by atoms with E-state index in [0.717, 1.165) is 5.56 Å². The maximum absolute atomic E-state index is 12.0. The molecule has 0 aliphatic heterocycles. The van der Waals surface area contributed by atoms with Crippen molar-refractivity contribution in [2.24, 2.45) is 5.92 Å². The van der Waals surface area contributed by atoms with Crippen molar-refractivity contribution in [2.45, 2.75) is 33.2 Å². The van der Waals surface area contributed by atoms with Crippen LogP contribution >= 0.6 is 0 Å². The fraction of sp³-hybridized carbons (Fsp3) is 0.471. The van der Waals surface area contributed by atoms with Crippen LogP contribution in [0.3, 0.4) is 0 Å². The molecule has 0 saturated carbocycles. The lowest BCUT2D eigenvalue weighted by Crippen LogP contribution is -2.47. The number of anilines is 1. The summed E-state index contributed by atoms with van der Waals surface area (Å²) in [7, 11) is 1.25. The van der Waals surface area contributed by atoms with Gasteiger partial charge in [0.05, 0.1) is 12.7 Å². The van der Waals surface area contributed by atoms with Gasteiger partial charge in [-0.15, -0.1) is 0 Å². The molecule has 0 aliphatic rings. The molecule has 24 heavy (non-hydrogen) atoms. The molecule has 0 aliphatic carbocycles. The summed E-state index contributed by atoms with van der Waals surface area (Å²) in [4.78, 5) is 35.7. The van der Waals surface area contributed by atoms with Crippen LogP contribution in [0.15, 0.2) is 18.2 Å². The highest BCUT2D eigenvalue weighted by Crippen LogP contribution is 2.17. The number of methoxy groups -OCH3 is 1. The van der Waals surface area contributed by atoms with Gasteiger partial charge in [0, 0.05) is 5.69 Å². The van der Waals surface area contributed by atoms with Crippen molar-refractivity contribution in [1.82, 2.24) is 5.32 Å². The molecule has 1 aromatic rings. The van der Waals surface area contributed by atoms with E-state index >= 15 is 0 Å². The summed E-state index contributed by atoms with van der Waals surface area (Å²) in [5.41, 5.74) is 7.09.